The number of methoxy groups -OCH3 is 1. The van der Waals surface area contributed by atoms with E-state index in [1.165, 1.54) is 11.3 Å². The number of rotatable bonds is 8. The number of ether oxygens (including phenoxy) is 1. The number of carbonyl (C=O) groups is 2. The highest BCUT2D eigenvalue weighted by Gasteiger charge is 2.36. The van der Waals surface area contributed by atoms with E-state index in [-0.39, 0.29) is 30.2 Å². The summed E-state index contributed by atoms with van der Waals surface area (Å²) in [6.07, 6.45) is 2.24. The molecule has 8 heteroatoms. The van der Waals surface area contributed by atoms with Crippen LogP contribution >= 0.6 is 11.3 Å². The lowest BCUT2D eigenvalue weighted by molar-refractivity contribution is -0.130. The maximum atomic E-state index is 12.4. The van der Waals surface area contributed by atoms with Gasteiger partial charge in [0.2, 0.25) is 16.9 Å². The lowest BCUT2D eigenvalue weighted by atomic mass is 10.1. The molecule has 2 heterocycles. The molecule has 1 aromatic heterocycles. The van der Waals surface area contributed by atoms with E-state index in [1.807, 2.05) is 6.92 Å². The van der Waals surface area contributed by atoms with Crippen LogP contribution in [-0.4, -0.2) is 53.2 Å². The number of hydrogen-bond donors (Lipinski definition) is 1. The Kier molecular flexibility index (Phi) is 6.68. The second-order valence-electron chi connectivity index (χ2n) is 6.20. The Morgan fingerprint density at radius 3 is 2.75 bits per heavy atom. The first kappa shape index (κ1) is 18.8. The highest BCUT2D eigenvalue weighted by Crippen LogP contribution is 2.29. The molecule has 1 saturated heterocycles. The number of amides is 2. The number of nitrogens with one attached hydrogen (secondary N) is 1. The molecule has 0 spiro atoms. The average Bonchev–Trinajstić information content (AvgIpc) is 3.16. The fourth-order valence-corrected chi connectivity index (χ4v) is 3.97. The van der Waals surface area contributed by atoms with E-state index in [1.54, 1.807) is 12.0 Å². The molecule has 0 saturated carbocycles. The van der Waals surface area contributed by atoms with Gasteiger partial charge in [-0.1, -0.05) is 25.2 Å². The van der Waals surface area contributed by atoms with Crippen LogP contribution in [0.2, 0.25) is 0 Å². The van der Waals surface area contributed by atoms with Crippen LogP contribution in [0.5, 0.6) is 0 Å². The lowest BCUT2D eigenvalue weighted by Crippen LogP contribution is -2.38. The van der Waals surface area contributed by atoms with E-state index < -0.39 is 0 Å². The Labute approximate surface area is 146 Å². The molecule has 0 aromatic carbocycles. The molecule has 24 heavy (non-hydrogen) atoms. The molecule has 134 valence electrons. The number of carbonyl (C=O) groups excluding carboxylic acids is 2. The van der Waals surface area contributed by atoms with Crippen molar-refractivity contribution in [1.82, 2.24) is 15.1 Å². The van der Waals surface area contributed by atoms with Gasteiger partial charge >= 0.3 is 0 Å². The number of hydrogen-bond acceptors (Lipinski definition) is 6. The highest BCUT2D eigenvalue weighted by atomic mass is 32.1. The van der Waals surface area contributed by atoms with Crippen LogP contribution in [0.15, 0.2) is 0 Å². The zero-order chi connectivity index (χ0) is 17.7. The Morgan fingerprint density at radius 2 is 2.12 bits per heavy atom. The molecule has 1 fully saturated rings. The third-order valence-electron chi connectivity index (χ3n) is 4.47. The van der Waals surface area contributed by atoms with Crippen molar-refractivity contribution >= 4 is 28.3 Å². The van der Waals surface area contributed by atoms with Crippen molar-refractivity contribution in [3.05, 3.63) is 5.01 Å². The maximum absolute atomic E-state index is 12.4. The number of nitrogens with zero attached hydrogens (tertiary/aromatic N) is 3. The second-order valence-corrected chi connectivity index (χ2v) is 7.21. The molecule has 0 aliphatic carbocycles. The lowest BCUT2D eigenvalue weighted by Gasteiger charge is -2.23. The third kappa shape index (κ3) is 4.30. The van der Waals surface area contributed by atoms with Gasteiger partial charge in [0.1, 0.15) is 5.01 Å². The minimum absolute atomic E-state index is 0.00492. The van der Waals surface area contributed by atoms with Crippen molar-refractivity contribution in [2.75, 3.05) is 25.6 Å². The van der Waals surface area contributed by atoms with Crippen molar-refractivity contribution in [2.45, 2.75) is 52.0 Å². The summed E-state index contributed by atoms with van der Waals surface area (Å²) in [5, 5.41) is 12.5. The fraction of sp³-hybridized carbons (Fsp3) is 0.750. The number of aromatic nitrogens is 2. The monoisotopic (exact) mass is 354 g/mol. The SMILES string of the molecule is CCC(CC)c1nnc(NC(=O)[C@@H]2CC(=O)N([C@H](C)COC)C2)s1. The molecule has 1 aromatic rings. The summed E-state index contributed by atoms with van der Waals surface area (Å²) in [6, 6.07) is -0.0247. The zero-order valence-corrected chi connectivity index (χ0v) is 15.6. The standard InChI is InChI=1S/C16H26N4O3S/c1-5-11(6-2)15-18-19-16(24-15)17-14(22)12-7-13(21)20(8-12)10(3)9-23-4/h10-12H,5-9H2,1-4H3,(H,17,19,22)/t10-,12-/m1/s1. The van der Waals surface area contributed by atoms with Gasteiger partial charge in [0.05, 0.1) is 18.6 Å². The summed E-state index contributed by atoms with van der Waals surface area (Å²) in [4.78, 5) is 26.2. The molecule has 0 radical (unpaired) electrons. The van der Waals surface area contributed by atoms with Gasteiger partial charge in [-0.05, 0) is 19.8 Å². The molecular formula is C16H26N4O3S. The van der Waals surface area contributed by atoms with Gasteiger partial charge in [-0.25, -0.2) is 0 Å². The van der Waals surface area contributed by atoms with E-state index in [4.69, 9.17) is 4.74 Å². The van der Waals surface area contributed by atoms with Crippen molar-refractivity contribution < 1.29 is 14.3 Å². The van der Waals surface area contributed by atoms with Crippen LogP contribution in [0.4, 0.5) is 5.13 Å². The van der Waals surface area contributed by atoms with E-state index in [0.29, 0.717) is 24.2 Å². The average molecular weight is 354 g/mol. The molecule has 2 amide bonds. The summed E-state index contributed by atoms with van der Waals surface area (Å²) in [6.45, 7) is 7.05. The Morgan fingerprint density at radius 1 is 1.42 bits per heavy atom. The Balaban J connectivity index is 1.95. The summed E-state index contributed by atoms with van der Waals surface area (Å²) < 4.78 is 5.09. The van der Waals surface area contributed by atoms with Gasteiger partial charge in [0.25, 0.3) is 0 Å². The van der Waals surface area contributed by atoms with Crippen LogP contribution in [0.1, 0.15) is 51.0 Å². The van der Waals surface area contributed by atoms with Gasteiger partial charge in [-0.3, -0.25) is 9.59 Å². The largest absolute Gasteiger partial charge is 0.383 e. The molecule has 0 unspecified atom stereocenters. The topological polar surface area (TPSA) is 84.4 Å². The second kappa shape index (κ2) is 8.53. The number of anilines is 1. The smallest absolute Gasteiger partial charge is 0.231 e. The van der Waals surface area contributed by atoms with Crippen molar-refractivity contribution in [3.8, 4) is 0 Å². The molecule has 7 nitrogen and oxygen atoms in total. The predicted octanol–water partition coefficient (Wildman–Crippen LogP) is 2.26. The first-order valence-electron chi connectivity index (χ1n) is 8.42. The van der Waals surface area contributed by atoms with Crippen LogP contribution in [0.25, 0.3) is 0 Å². The summed E-state index contributed by atoms with van der Waals surface area (Å²) >= 11 is 1.42. The van der Waals surface area contributed by atoms with Gasteiger partial charge in [0, 0.05) is 26.0 Å². The summed E-state index contributed by atoms with van der Waals surface area (Å²) in [7, 11) is 1.61. The predicted molar refractivity (Wildman–Crippen MR) is 93.0 cm³/mol. The molecule has 0 bridgehead atoms. The quantitative estimate of drug-likeness (QED) is 0.774. The van der Waals surface area contributed by atoms with E-state index in [9.17, 15) is 9.59 Å². The van der Waals surface area contributed by atoms with Crippen LogP contribution in [0, 0.1) is 5.92 Å². The van der Waals surface area contributed by atoms with E-state index >= 15 is 0 Å². The molecular weight excluding hydrogens is 328 g/mol. The zero-order valence-electron chi connectivity index (χ0n) is 14.7. The molecule has 1 N–H and O–H groups in total. The van der Waals surface area contributed by atoms with Crippen molar-refractivity contribution in [2.24, 2.45) is 5.92 Å². The maximum Gasteiger partial charge on any atom is 0.231 e. The van der Waals surface area contributed by atoms with Gasteiger partial charge in [-0.2, -0.15) is 0 Å². The van der Waals surface area contributed by atoms with Crippen LogP contribution in [-0.2, 0) is 14.3 Å². The summed E-state index contributed by atoms with van der Waals surface area (Å²) in [5.41, 5.74) is 0. The highest BCUT2D eigenvalue weighted by molar-refractivity contribution is 7.15. The van der Waals surface area contributed by atoms with Gasteiger partial charge < -0.3 is 15.0 Å². The minimum Gasteiger partial charge on any atom is -0.383 e. The minimum atomic E-state index is -0.350. The normalized spacial score (nSPS) is 19.1. The molecule has 2 rings (SSSR count). The fourth-order valence-electron chi connectivity index (χ4n) is 2.96. The van der Waals surface area contributed by atoms with Crippen LogP contribution < -0.4 is 5.32 Å². The summed E-state index contributed by atoms with van der Waals surface area (Å²) in [5.74, 6) is -0.138. The Bertz CT molecular complexity index is 573. The number of likely N-dealkylation sites (tertiary alicyclic amines) is 1. The van der Waals surface area contributed by atoms with Crippen molar-refractivity contribution in [1.29, 1.82) is 0 Å². The van der Waals surface area contributed by atoms with Gasteiger partial charge in [0.15, 0.2) is 0 Å². The van der Waals surface area contributed by atoms with E-state index in [0.717, 1.165) is 17.8 Å². The molecule has 1 aliphatic rings. The van der Waals surface area contributed by atoms with E-state index in [2.05, 4.69) is 29.4 Å². The molecule has 1 aliphatic heterocycles. The van der Waals surface area contributed by atoms with Crippen LogP contribution in [0.3, 0.4) is 0 Å². The molecule has 2 atom stereocenters. The Hall–Kier alpha value is -1.54. The first-order valence-corrected chi connectivity index (χ1v) is 9.24. The van der Waals surface area contributed by atoms with Crippen molar-refractivity contribution in [3.63, 3.8) is 0 Å². The third-order valence-corrected chi connectivity index (χ3v) is 5.48. The first-order chi connectivity index (χ1) is 11.5. The van der Waals surface area contributed by atoms with Gasteiger partial charge in [-0.15, -0.1) is 10.2 Å².